The second-order valence-corrected chi connectivity index (χ2v) is 6.14. The van der Waals surface area contributed by atoms with Crippen LogP contribution >= 0.6 is 23.2 Å². The Morgan fingerprint density at radius 2 is 1.73 bits per heavy atom. The molecule has 1 aromatic heterocycles. The van der Waals surface area contributed by atoms with Crippen LogP contribution in [-0.2, 0) is 4.79 Å². The lowest BCUT2D eigenvalue weighted by atomic mass is 10.3. The number of amides is 1. The molecular weight excluding hydrogens is 375 g/mol. The maximum absolute atomic E-state index is 11.0. The molecule has 0 bridgehead atoms. The van der Waals surface area contributed by atoms with Crippen LogP contribution in [0.3, 0.4) is 0 Å². The van der Waals surface area contributed by atoms with Crippen LogP contribution < -0.4 is 16.0 Å². The van der Waals surface area contributed by atoms with E-state index in [4.69, 9.17) is 23.2 Å². The lowest BCUT2D eigenvalue weighted by Crippen LogP contribution is -2.05. The molecule has 0 saturated carbocycles. The third-order valence-corrected chi connectivity index (χ3v) is 3.78. The van der Waals surface area contributed by atoms with E-state index >= 15 is 0 Å². The largest absolute Gasteiger partial charge is 0.339 e. The van der Waals surface area contributed by atoms with Crippen LogP contribution in [0, 0.1) is 0 Å². The molecule has 0 saturated heterocycles. The van der Waals surface area contributed by atoms with Crippen molar-refractivity contribution in [3.05, 3.63) is 58.7 Å². The Kier molecular flexibility index (Phi) is 5.50. The number of rotatable bonds is 5. The van der Waals surface area contributed by atoms with Crippen molar-refractivity contribution in [3.63, 3.8) is 0 Å². The molecule has 0 radical (unpaired) electrons. The van der Waals surface area contributed by atoms with Gasteiger partial charge in [-0.15, -0.1) is 5.10 Å². The van der Waals surface area contributed by atoms with Gasteiger partial charge in [-0.2, -0.15) is 10.1 Å². The maximum atomic E-state index is 11.0. The summed E-state index contributed by atoms with van der Waals surface area (Å²) in [6, 6.07) is 12.2. The van der Waals surface area contributed by atoms with Crippen molar-refractivity contribution in [3.8, 4) is 0 Å². The van der Waals surface area contributed by atoms with Gasteiger partial charge in [-0.1, -0.05) is 23.2 Å². The number of anilines is 5. The predicted octanol–water partition coefficient (Wildman–Crippen LogP) is 4.62. The van der Waals surface area contributed by atoms with E-state index in [2.05, 4.69) is 31.1 Å². The molecule has 3 N–H and O–H groups in total. The fourth-order valence-electron chi connectivity index (χ4n) is 2.12. The van der Waals surface area contributed by atoms with Gasteiger partial charge in [0, 0.05) is 23.3 Å². The summed E-state index contributed by atoms with van der Waals surface area (Å²) in [5, 5.41) is 17.7. The minimum atomic E-state index is -0.124. The van der Waals surface area contributed by atoms with Gasteiger partial charge < -0.3 is 16.0 Å². The molecule has 3 rings (SSSR count). The zero-order chi connectivity index (χ0) is 18.5. The fourth-order valence-corrected chi connectivity index (χ4v) is 2.46. The highest BCUT2D eigenvalue weighted by Crippen LogP contribution is 2.27. The Morgan fingerprint density at radius 1 is 1.00 bits per heavy atom. The standard InChI is InChI=1S/C17H14Cl2N6O/c1-10(26)21-12-3-5-13(6-4-12)22-16-9-20-25-17(24-16)23-15-8-11(18)2-7-14(15)19/h2-9H,1H3,(H,21,26)(H2,22,23,24,25). The molecule has 0 aliphatic heterocycles. The summed E-state index contributed by atoms with van der Waals surface area (Å²) < 4.78 is 0. The number of hydrogen-bond donors (Lipinski definition) is 3. The van der Waals surface area contributed by atoms with Gasteiger partial charge in [0.05, 0.1) is 16.9 Å². The number of benzene rings is 2. The van der Waals surface area contributed by atoms with Gasteiger partial charge in [-0.05, 0) is 42.5 Å². The van der Waals surface area contributed by atoms with Gasteiger partial charge in [0.1, 0.15) is 0 Å². The Labute approximate surface area is 159 Å². The smallest absolute Gasteiger partial charge is 0.249 e. The van der Waals surface area contributed by atoms with Crippen LogP contribution in [0.1, 0.15) is 6.92 Å². The lowest BCUT2D eigenvalue weighted by molar-refractivity contribution is -0.114. The van der Waals surface area contributed by atoms with Crippen molar-refractivity contribution in [2.24, 2.45) is 0 Å². The average Bonchev–Trinajstić information content (AvgIpc) is 2.60. The zero-order valence-electron chi connectivity index (χ0n) is 13.6. The van der Waals surface area contributed by atoms with E-state index in [0.29, 0.717) is 27.2 Å². The molecule has 1 heterocycles. The molecule has 26 heavy (non-hydrogen) atoms. The molecule has 0 unspecified atom stereocenters. The first-order valence-electron chi connectivity index (χ1n) is 7.56. The van der Waals surface area contributed by atoms with Crippen LogP contribution in [0.2, 0.25) is 10.0 Å². The van der Waals surface area contributed by atoms with E-state index in [1.54, 1.807) is 30.3 Å². The summed E-state index contributed by atoms with van der Waals surface area (Å²) in [4.78, 5) is 15.4. The van der Waals surface area contributed by atoms with Crippen LogP contribution in [0.25, 0.3) is 0 Å². The van der Waals surface area contributed by atoms with Crippen LogP contribution in [0.15, 0.2) is 48.7 Å². The molecule has 0 aliphatic carbocycles. The molecule has 2 aromatic carbocycles. The Morgan fingerprint density at radius 3 is 2.46 bits per heavy atom. The fraction of sp³-hybridized carbons (Fsp3) is 0.0588. The number of nitrogens with zero attached hydrogens (tertiary/aromatic N) is 3. The van der Waals surface area contributed by atoms with Crippen molar-refractivity contribution < 1.29 is 4.79 Å². The molecule has 0 fully saturated rings. The van der Waals surface area contributed by atoms with Crippen LogP contribution in [0.5, 0.6) is 0 Å². The number of aromatic nitrogens is 3. The number of hydrogen-bond acceptors (Lipinski definition) is 6. The number of halogens is 2. The van der Waals surface area contributed by atoms with Gasteiger partial charge in [0.25, 0.3) is 0 Å². The first-order valence-corrected chi connectivity index (χ1v) is 8.32. The average molecular weight is 389 g/mol. The molecule has 0 aliphatic rings. The first-order chi connectivity index (χ1) is 12.5. The van der Waals surface area contributed by atoms with E-state index < -0.39 is 0 Å². The van der Waals surface area contributed by atoms with Gasteiger partial charge in [0.15, 0.2) is 5.82 Å². The van der Waals surface area contributed by atoms with Crippen molar-refractivity contribution >= 4 is 57.9 Å². The monoisotopic (exact) mass is 388 g/mol. The molecule has 132 valence electrons. The quantitative estimate of drug-likeness (QED) is 0.590. The van der Waals surface area contributed by atoms with Crippen molar-refractivity contribution in [2.75, 3.05) is 16.0 Å². The molecule has 3 aromatic rings. The topological polar surface area (TPSA) is 91.8 Å². The van der Waals surface area contributed by atoms with Crippen LogP contribution in [-0.4, -0.2) is 21.1 Å². The Hall–Kier alpha value is -2.90. The summed E-state index contributed by atoms with van der Waals surface area (Å²) in [5.74, 6) is 0.642. The molecule has 0 atom stereocenters. The highest BCUT2D eigenvalue weighted by molar-refractivity contribution is 6.35. The van der Waals surface area contributed by atoms with E-state index in [1.165, 1.54) is 13.1 Å². The molecule has 0 spiro atoms. The Bertz CT molecular complexity index is 933. The van der Waals surface area contributed by atoms with E-state index in [9.17, 15) is 4.79 Å². The summed E-state index contributed by atoms with van der Waals surface area (Å²) in [7, 11) is 0. The second kappa shape index (κ2) is 7.99. The summed E-state index contributed by atoms with van der Waals surface area (Å²) in [6.45, 7) is 1.46. The van der Waals surface area contributed by atoms with Crippen molar-refractivity contribution in [1.29, 1.82) is 0 Å². The third-order valence-electron chi connectivity index (χ3n) is 3.21. The van der Waals surface area contributed by atoms with Crippen molar-refractivity contribution in [2.45, 2.75) is 6.92 Å². The number of carbonyl (C=O) groups excluding carboxylic acids is 1. The van der Waals surface area contributed by atoms with Crippen LogP contribution in [0.4, 0.5) is 28.8 Å². The minimum Gasteiger partial charge on any atom is -0.339 e. The van der Waals surface area contributed by atoms with Crippen molar-refractivity contribution in [1.82, 2.24) is 15.2 Å². The van der Waals surface area contributed by atoms with Gasteiger partial charge >= 0.3 is 0 Å². The zero-order valence-corrected chi connectivity index (χ0v) is 15.1. The summed E-state index contributed by atoms with van der Waals surface area (Å²) in [6.07, 6.45) is 1.49. The molecule has 9 heteroatoms. The maximum Gasteiger partial charge on any atom is 0.249 e. The van der Waals surface area contributed by atoms with Gasteiger partial charge in [0.2, 0.25) is 11.9 Å². The lowest BCUT2D eigenvalue weighted by Gasteiger charge is -2.09. The molecule has 7 nitrogen and oxygen atoms in total. The van der Waals surface area contributed by atoms with Gasteiger partial charge in [-0.3, -0.25) is 4.79 Å². The number of nitrogens with one attached hydrogen (secondary N) is 3. The third kappa shape index (κ3) is 4.81. The minimum absolute atomic E-state index is 0.124. The predicted molar refractivity (Wildman–Crippen MR) is 104 cm³/mol. The highest BCUT2D eigenvalue weighted by atomic mass is 35.5. The summed E-state index contributed by atoms with van der Waals surface area (Å²) in [5.41, 5.74) is 2.07. The molecule has 1 amide bonds. The highest BCUT2D eigenvalue weighted by Gasteiger charge is 2.06. The molecular formula is C17H14Cl2N6O. The van der Waals surface area contributed by atoms with E-state index in [1.807, 2.05) is 12.1 Å². The van der Waals surface area contributed by atoms with Gasteiger partial charge in [-0.25, -0.2) is 0 Å². The summed E-state index contributed by atoms with van der Waals surface area (Å²) >= 11 is 12.1. The SMILES string of the molecule is CC(=O)Nc1ccc(Nc2cnnc(Nc3cc(Cl)ccc3Cl)n2)cc1. The van der Waals surface area contributed by atoms with E-state index in [-0.39, 0.29) is 11.9 Å². The van der Waals surface area contributed by atoms with E-state index in [0.717, 1.165) is 5.69 Å². The number of carbonyl (C=O) groups is 1. The second-order valence-electron chi connectivity index (χ2n) is 5.30. The first kappa shape index (κ1) is 17.9. The normalized spacial score (nSPS) is 10.3. The Balaban J connectivity index is 1.73.